The first-order valence-electron chi connectivity index (χ1n) is 9.96. The third-order valence-electron chi connectivity index (χ3n) is 5.26. The lowest BCUT2D eigenvalue weighted by molar-refractivity contribution is 0.587. The molecular formula is C22H19N7O2S. The number of hydrogen-bond donors (Lipinski definition) is 2. The maximum atomic E-state index is 12.4. The van der Waals surface area contributed by atoms with E-state index in [1.165, 1.54) is 0 Å². The van der Waals surface area contributed by atoms with Crippen LogP contribution in [0.15, 0.2) is 65.8 Å². The summed E-state index contributed by atoms with van der Waals surface area (Å²) in [6, 6.07) is 14.5. The Kier molecular flexibility index (Phi) is 4.78. The number of aromatic amines is 2. The zero-order valence-corrected chi connectivity index (χ0v) is 18.1. The summed E-state index contributed by atoms with van der Waals surface area (Å²) in [5.74, 6) is 0.509. The summed E-state index contributed by atoms with van der Waals surface area (Å²) in [6.07, 6.45) is 3.53. The van der Waals surface area contributed by atoms with Crippen LogP contribution in [0.1, 0.15) is 13.8 Å². The van der Waals surface area contributed by atoms with E-state index in [0.29, 0.717) is 27.6 Å². The Labute approximate surface area is 183 Å². The number of nitrogens with one attached hydrogen (secondary N) is 2. The normalized spacial score (nSPS) is 12.0. The molecule has 3 aromatic heterocycles. The predicted octanol–water partition coefficient (Wildman–Crippen LogP) is 3.65. The second kappa shape index (κ2) is 7.65. The topological polar surface area (TPSA) is 130 Å². The molecule has 0 atom stereocenters. The molecule has 5 rings (SSSR count). The molecule has 0 unspecified atom stereocenters. The highest BCUT2D eigenvalue weighted by Gasteiger charge is 2.19. The molecule has 0 aliphatic rings. The van der Waals surface area contributed by atoms with E-state index in [-0.39, 0.29) is 0 Å². The van der Waals surface area contributed by atoms with Crippen LogP contribution in [-0.2, 0) is 9.84 Å². The van der Waals surface area contributed by atoms with E-state index < -0.39 is 15.1 Å². The van der Waals surface area contributed by atoms with Gasteiger partial charge in [-0.1, -0.05) is 30.3 Å². The standard InChI is InChI=1S/C22H19N7O2S/c1-13(2)32(30,31)17-8-6-14(7-9-17)19-12-24-22-20(25-19)18(11-23-22)15-4-3-5-16(10-15)21-26-28-29-27-21/h3-13H,1-2H3,(H,23,24)(H,26,27,28,29). The minimum Gasteiger partial charge on any atom is -0.344 e. The SMILES string of the molecule is CC(C)S(=O)(=O)c1ccc(-c2cnc3[nH]cc(-c4cccc(-c5nn[nH]n5)c4)c3n2)cc1. The summed E-state index contributed by atoms with van der Waals surface area (Å²) >= 11 is 0. The van der Waals surface area contributed by atoms with E-state index in [2.05, 4.69) is 30.6 Å². The van der Waals surface area contributed by atoms with E-state index in [0.717, 1.165) is 22.3 Å². The van der Waals surface area contributed by atoms with Crippen molar-refractivity contribution in [2.24, 2.45) is 0 Å². The van der Waals surface area contributed by atoms with Crippen LogP contribution in [0.2, 0.25) is 0 Å². The first-order chi connectivity index (χ1) is 15.4. The molecule has 0 spiro atoms. The molecule has 0 fully saturated rings. The van der Waals surface area contributed by atoms with Gasteiger partial charge in [0.15, 0.2) is 15.5 Å². The molecular weight excluding hydrogens is 426 g/mol. The maximum absolute atomic E-state index is 12.4. The molecule has 0 radical (unpaired) electrons. The number of aromatic nitrogens is 7. The summed E-state index contributed by atoms with van der Waals surface area (Å²) in [7, 11) is -3.33. The minimum atomic E-state index is -3.33. The first kappa shape index (κ1) is 20.0. The van der Waals surface area contributed by atoms with E-state index in [4.69, 9.17) is 4.98 Å². The van der Waals surface area contributed by atoms with Crippen molar-refractivity contribution in [3.63, 3.8) is 0 Å². The Morgan fingerprint density at radius 3 is 2.47 bits per heavy atom. The van der Waals surface area contributed by atoms with Crippen LogP contribution in [0.5, 0.6) is 0 Å². The lowest BCUT2D eigenvalue weighted by Crippen LogP contribution is -2.13. The van der Waals surface area contributed by atoms with Gasteiger partial charge in [-0.25, -0.2) is 18.4 Å². The minimum absolute atomic E-state index is 0.297. The second-order valence-corrected chi connectivity index (χ2v) is 10.1. The number of tetrazole rings is 1. The van der Waals surface area contributed by atoms with Crippen molar-refractivity contribution in [1.82, 2.24) is 35.6 Å². The number of fused-ring (bicyclic) bond motifs is 1. The van der Waals surface area contributed by atoms with Crippen LogP contribution in [-0.4, -0.2) is 49.2 Å². The number of benzene rings is 2. The third kappa shape index (κ3) is 3.44. The van der Waals surface area contributed by atoms with Gasteiger partial charge in [0, 0.05) is 22.9 Å². The number of sulfone groups is 1. The van der Waals surface area contributed by atoms with Gasteiger partial charge >= 0.3 is 0 Å². The molecule has 0 saturated carbocycles. The number of nitrogens with zero attached hydrogens (tertiary/aromatic N) is 5. The monoisotopic (exact) mass is 445 g/mol. The Morgan fingerprint density at radius 1 is 0.969 bits per heavy atom. The molecule has 0 aliphatic heterocycles. The van der Waals surface area contributed by atoms with Gasteiger partial charge < -0.3 is 4.98 Å². The fourth-order valence-electron chi connectivity index (χ4n) is 3.45. The van der Waals surface area contributed by atoms with Gasteiger partial charge in [0.25, 0.3) is 0 Å². The van der Waals surface area contributed by atoms with Crippen molar-refractivity contribution in [2.75, 3.05) is 0 Å². The Hall–Kier alpha value is -3.92. The highest BCUT2D eigenvalue weighted by molar-refractivity contribution is 7.92. The maximum Gasteiger partial charge on any atom is 0.204 e. The van der Waals surface area contributed by atoms with E-state index in [9.17, 15) is 8.42 Å². The van der Waals surface area contributed by atoms with E-state index in [1.54, 1.807) is 44.3 Å². The van der Waals surface area contributed by atoms with E-state index >= 15 is 0 Å². The van der Waals surface area contributed by atoms with Crippen molar-refractivity contribution in [3.8, 4) is 33.8 Å². The molecule has 2 aromatic carbocycles. The molecule has 32 heavy (non-hydrogen) atoms. The molecule has 0 bridgehead atoms. The molecule has 5 aromatic rings. The van der Waals surface area contributed by atoms with Gasteiger partial charge in [-0.2, -0.15) is 5.21 Å². The summed E-state index contributed by atoms with van der Waals surface area (Å²) in [5.41, 5.74) is 5.47. The van der Waals surface area contributed by atoms with E-state index in [1.807, 2.05) is 30.5 Å². The van der Waals surface area contributed by atoms with Gasteiger partial charge in [-0.05, 0) is 42.8 Å². The van der Waals surface area contributed by atoms with Gasteiger partial charge in [0.2, 0.25) is 5.82 Å². The van der Waals surface area contributed by atoms with Crippen molar-refractivity contribution >= 4 is 21.0 Å². The summed E-state index contributed by atoms with van der Waals surface area (Å²) in [5, 5.41) is 13.7. The van der Waals surface area contributed by atoms with Crippen LogP contribution in [0, 0.1) is 0 Å². The lowest BCUT2D eigenvalue weighted by Gasteiger charge is -2.08. The van der Waals surface area contributed by atoms with Crippen LogP contribution in [0.4, 0.5) is 0 Å². The van der Waals surface area contributed by atoms with Gasteiger partial charge in [-0.15, -0.1) is 10.2 Å². The fraction of sp³-hybridized carbons (Fsp3) is 0.136. The molecule has 10 heteroatoms. The van der Waals surface area contributed by atoms with Crippen molar-refractivity contribution in [2.45, 2.75) is 24.0 Å². The molecule has 0 amide bonds. The second-order valence-electron chi connectivity index (χ2n) is 7.59. The first-order valence-corrected chi connectivity index (χ1v) is 11.5. The van der Waals surface area contributed by atoms with Crippen LogP contribution in [0.25, 0.3) is 44.9 Å². The van der Waals surface area contributed by atoms with Crippen LogP contribution >= 0.6 is 0 Å². The third-order valence-corrected chi connectivity index (χ3v) is 7.43. The molecule has 2 N–H and O–H groups in total. The zero-order valence-electron chi connectivity index (χ0n) is 17.3. The summed E-state index contributed by atoms with van der Waals surface area (Å²) in [6.45, 7) is 3.34. The van der Waals surface area contributed by atoms with Crippen LogP contribution in [0.3, 0.4) is 0 Å². The molecule has 3 heterocycles. The number of H-pyrrole nitrogens is 2. The van der Waals surface area contributed by atoms with Crippen molar-refractivity contribution < 1.29 is 8.42 Å². The van der Waals surface area contributed by atoms with Gasteiger partial charge in [0.05, 0.1) is 22.0 Å². The van der Waals surface area contributed by atoms with Crippen molar-refractivity contribution in [3.05, 3.63) is 60.9 Å². The highest BCUT2D eigenvalue weighted by Crippen LogP contribution is 2.31. The van der Waals surface area contributed by atoms with Crippen molar-refractivity contribution in [1.29, 1.82) is 0 Å². The van der Waals surface area contributed by atoms with Crippen LogP contribution < -0.4 is 0 Å². The largest absolute Gasteiger partial charge is 0.344 e. The molecule has 9 nitrogen and oxygen atoms in total. The average molecular weight is 446 g/mol. The Balaban J connectivity index is 1.55. The molecule has 0 aliphatic carbocycles. The predicted molar refractivity (Wildman–Crippen MR) is 120 cm³/mol. The highest BCUT2D eigenvalue weighted by atomic mass is 32.2. The smallest absolute Gasteiger partial charge is 0.204 e. The fourth-order valence-corrected chi connectivity index (χ4v) is 4.51. The number of rotatable bonds is 5. The van der Waals surface area contributed by atoms with Gasteiger partial charge in [-0.3, -0.25) is 0 Å². The average Bonchev–Trinajstić information content (AvgIpc) is 3.49. The lowest BCUT2D eigenvalue weighted by atomic mass is 10.0. The zero-order chi connectivity index (χ0) is 22.3. The molecule has 160 valence electrons. The molecule has 0 saturated heterocycles. The summed E-state index contributed by atoms with van der Waals surface area (Å²) in [4.78, 5) is 12.8. The summed E-state index contributed by atoms with van der Waals surface area (Å²) < 4.78 is 24.8. The quantitative estimate of drug-likeness (QED) is 0.422. The number of hydrogen-bond acceptors (Lipinski definition) is 7. The van der Waals surface area contributed by atoms with Gasteiger partial charge in [0.1, 0.15) is 5.52 Å². The Bertz CT molecular complexity index is 1510. The Morgan fingerprint density at radius 2 is 1.75 bits per heavy atom.